The molecule has 0 spiro atoms. The summed E-state index contributed by atoms with van der Waals surface area (Å²) >= 11 is 3.49. The fourth-order valence-corrected chi connectivity index (χ4v) is 2.24. The summed E-state index contributed by atoms with van der Waals surface area (Å²) in [6.07, 6.45) is 0.981. The monoisotopic (exact) mass is 288 g/mol. The van der Waals surface area contributed by atoms with Crippen LogP contribution in [-0.2, 0) is 11.3 Å². The molecular formula is C10H13BrN2O3. The smallest absolute Gasteiger partial charge is 0.276 e. The van der Waals surface area contributed by atoms with Gasteiger partial charge in [-0.2, -0.15) is 0 Å². The van der Waals surface area contributed by atoms with Gasteiger partial charge in [-0.15, -0.1) is 0 Å². The average Bonchev–Trinajstić information content (AvgIpc) is 2.87. The standard InChI is InChI=1S/C10H13BrN2O3/c1-15-6-8-4-9(12-16-8)10(14)13-3-2-7(11)5-13/h4,7H,2-3,5-6H2,1H3. The number of halogens is 1. The Morgan fingerprint density at radius 2 is 2.62 bits per heavy atom. The maximum atomic E-state index is 12.0. The lowest BCUT2D eigenvalue weighted by Gasteiger charge is -2.12. The number of nitrogens with zero attached hydrogens (tertiary/aromatic N) is 2. The summed E-state index contributed by atoms with van der Waals surface area (Å²) in [5, 5.41) is 3.74. The van der Waals surface area contributed by atoms with Crippen LogP contribution in [0.4, 0.5) is 0 Å². The van der Waals surface area contributed by atoms with Crippen LogP contribution in [0.3, 0.4) is 0 Å². The topological polar surface area (TPSA) is 55.6 Å². The zero-order chi connectivity index (χ0) is 11.5. The molecule has 5 nitrogen and oxygen atoms in total. The first-order chi connectivity index (χ1) is 7.70. The highest BCUT2D eigenvalue weighted by molar-refractivity contribution is 9.09. The Labute approximate surface area is 102 Å². The Morgan fingerprint density at radius 1 is 1.81 bits per heavy atom. The van der Waals surface area contributed by atoms with Crippen LogP contribution < -0.4 is 0 Å². The summed E-state index contributed by atoms with van der Waals surface area (Å²) in [7, 11) is 1.57. The van der Waals surface area contributed by atoms with E-state index in [1.165, 1.54) is 0 Å². The van der Waals surface area contributed by atoms with Gasteiger partial charge in [0.05, 0.1) is 0 Å². The summed E-state index contributed by atoms with van der Waals surface area (Å²) in [4.78, 5) is 14.1. The first-order valence-electron chi connectivity index (χ1n) is 5.08. The van der Waals surface area contributed by atoms with Crippen molar-refractivity contribution in [3.63, 3.8) is 0 Å². The van der Waals surface area contributed by atoms with E-state index in [0.717, 1.165) is 19.5 Å². The van der Waals surface area contributed by atoms with Crippen LogP contribution >= 0.6 is 15.9 Å². The van der Waals surface area contributed by atoms with Crippen LogP contribution in [-0.4, -0.2) is 41.0 Å². The summed E-state index contributed by atoms with van der Waals surface area (Å²) < 4.78 is 9.88. The van der Waals surface area contributed by atoms with Crippen molar-refractivity contribution in [3.8, 4) is 0 Å². The zero-order valence-electron chi connectivity index (χ0n) is 8.98. The van der Waals surface area contributed by atoms with E-state index < -0.39 is 0 Å². The van der Waals surface area contributed by atoms with Crippen molar-refractivity contribution < 1.29 is 14.1 Å². The highest BCUT2D eigenvalue weighted by atomic mass is 79.9. The van der Waals surface area contributed by atoms with Crippen LogP contribution in [0, 0.1) is 0 Å². The Morgan fingerprint density at radius 3 is 3.25 bits per heavy atom. The number of methoxy groups -OCH3 is 1. The number of rotatable bonds is 3. The molecule has 1 aromatic heterocycles. The van der Waals surface area contributed by atoms with Crippen molar-refractivity contribution in [3.05, 3.63) is 17.5 Å². The lowest BCUT2D eigenvalue weighted by molar-refractivity contribution is 0.0782. The van der Waals surface area contributed by atoms with Gasteiger partial charge >= 0.3 is 0 Å². The van der Waals surface area contributed by atoms with Gasteiger partial charge in [-0.05, 0) is 6.42 Å². The Bertz CT molecular complexity index is 380. The molecule has 1 amide bonds. The third-order valence-electron chi connectivity index (χ3n) is 2.48. The maximum Gasteiger partial charge on any atom is 0.276 e. The molecule has 1 aliphatic rings. The number of aromatic nitrogens is 1. The molecule has 0 radical (unpaired) electrons. The summed E-state index contributed by atoms with van der Waals surface area (Å²) in [6, 6.07) is 1.63. The predicted molar refractivity (Wildman–Crippen MR) is 60.5 cm³/mol. The molecule has 16 heavy (non-hydrogen) atoms. The van der Waals surface area contributed by atoms with Crippen LogP contribution in [0.5, 0.6) is 0 Å². The van der Waals surface area contributed by atoms with Gasteiger partial charge in [-0.25, -0.2) is 0 Å². The van der Waals surface area contributed by atoms with Crippen LogP contribution in [0.25, 0.3) is 0 Å². The molecule has 1 aromatic rings. The normalized spacial score (nSPS) is 20.4. The molecule has 0 bridgehead atoms. The van der Waals surface area contributed by atoms with E-state index in [2.05, 4.69) is 21.1 Å². The average molecular weight is 289 g/mol. The fourth-order valence-electron chi connectivity index (χ4n) is 1.69. The number of alkyl halides is 1. The number of ether oxygens (including phenoxy) is 1. The van der Waals surface area contributed by atoms with Crippen molar-refractivity contribution in [1.82, 2.24) is 10.1 Å². The first-order valence-corrected chi connectivity index (χ1v) is 6.00. The van der Waals surface area contributed by atoms with E-state index in [4.69, 9.17) is 9.26 Å². The Balaban J connectivity index is 2.03. The first kappa shape index (κ1) is 11.6. The van der Waals surface area contributed by atoms with E-state index in [1.807, 2.05) is 0 Å². The van der Waals surface area contributed by atoms with Crippen LogP contribution in [0.15, 0.2) is 10.6 Å². The maximum absolute atomic E-state index is 12.0. The van der Waals surface area contributed by atoms with Crippen molar-refractivity contribution in [1.29, 1.82) is 0 Å². The van der Waals surface area contributed by atoms with Crippen LogP contribution in [0.2, 0.25) is 0 Å². The van der Waals surface area contributed by atoms with Gasteiger partial charge in [0.15, 0.2) is 11.5 Å². The molecule has 1 unspecified atom stereocenters. The van der Waals surface area contributed by atoms with Gasteiger partial charge in [0, 0.05) is 31.1 Å². The second kappa shape index (κ2) is 4.97. The minimum Gasteiger partial charge on any atom is -0.377 e. The Hall–Kier alpha value is -0.880. The van der Waals surface area contributed by atoms with E-state index in [1.54, 1.807) is 18.1 Å². The number of carbonyl (C=O) groups excluding carboxylic acids is 1. The van der Waals surface area contributed by atoms with Crippen molar-refractivity contribution in [2.24, 2.45) is 0 Å². The quantitative estimate of drug-likeness (QED) is 0.790. The molecular weight excluding hydrogens is 276 g/mol. The predicted octanol–water partition coefficient (Wildman–Crippen LogP) is 1.43. The molecule has 1 aliphatic heterocycles. The largest absolute Gasteiger partial charge is 0.377 e. The van der Waals surface area contributed by atoms with Crippen molar-refractivity contribution >= 4 is 21.8 Å². The molecule has 88 valence electrons. The van der Waals surface area contributed by atoms with Gasteiger partial charge < -0.3 is 14.2 Å². The molecule has 0 N–H and O–H groups in total. The fraction of sp³-hybridized carbons (Fsp3) is 0.600. The molecule has 2 heterocycles. The highest BCUT2D eigenvalue weighted by Crippen LogP contribution is 2.18. The number of carbonyl (C=O) groups is 1. The lowest BCUT2D eigenvalue weighted by Crippen LogP contribution is -2.28. The van der Waals surface area contributed by atoms with Gasteiger partial charge in [0.2, 0.25) is 0 Å². The van der Waals surface area contributed by atoms with Gasteiger partial charge in [-0.1, -0.05) is 21.1 Å². The number of likely N-dealkylation sites (tertiary alicyclic amines) is 1. The minimum absolute atomic E-state index is 0.0759. The third-order valence-corrected chi connectivity index (χ3v) is 3.23. The SMILES string of the molecule is COCc1cc(C(=O)N2CCC(Br)C2)no1. The molecule has 0 aliphatic carbocycles. The van der Waals surface area contributed by atoms with Crippen molar-refractivity contribution in [2.45, 2.75) is 17.9 Å². The van der Waals surface area contributed by atoms with Gasteiger partial charge in [-0.3, -0.25) is 4.79 Å². The highest BCUT2D eigenvalue weighted by Gasteiger charge is 2.27. The summed E-state index contributed by atoms with van der Waals surface area (Å²) in [5.41, 5.74) is 0.355. The molecule has 0 aromatic carbocycles. The number of hydrogen-bond donors (Lipinski definition) is 0. The van der Waals surface area contributed by atoms with Crippen molar-refractivity contribution in [2.75, 3.05) is 20.2 Å². The van der Waals surface area contributed by atoms with Gasteiger partial charge in [0.1, 0.15) is 6.61 Å². The zero-order valence-corrected chi connectivity index (χ0v) is 10.6. The molecule has 6 heteroatoms. The number of amides is 1. The summed E-state index contributed by atoms with van der Waals surface area (Å²) in [6.45, 7) is 1.83. The second-order valence-corrected chi connectivity index (χ2v) is 5.04. The minimum atomic E-state index is -0.0759. The third kappa shape index (κ3) is 2.44. The molecule has 1 fully saturated rings. The number of hydrogen-bond acceptors (Lipinski definition) is 4. The summed E-state index contributed by atoms with van der Waals surface area (Å²) in [5.74, 6) is 0.494. The van der Waals surface area contributed by atoms with Crippen LogP contribution in [0.1, 0.15) is 22.7 Å². The lowest BCUT2D eigenvalue weighted by atomic mass is 10.3. The van der Waals surface area contributed by atoms with E-state index in [-0.39, 0.29) is 5.91 Å². The Kier molecular flexibility index (Phi) is 3.60. The molecule has 1 saturated heterocycles. The molecule has 0 saturated carbocycles. The van der Waals surface area contributed by atoms with E-state index in [0.29, 0.717) is 22.9 Å². The second-order valence-electron chi connectivity index (χ2n) is 3.75. The van der Waals surface area contributed by atoms with E-state index >= 15 is 0 Å². The molecule has 2 rings (SSSR count). The molecule has 1 atom stereocenters. The van der Waals surface area contributed by atoms with Gasteiger partial charge in [0.25, 0.3) is 5.91 Å². The van der Waals surface area contributed by atoms with E-state index in [9.17, 15) is 4.79 Å².